The standard InChI is InChI=1S/C17H28O3/c1-5-6-7-12(2)10-13(3)11-14(4)16(17(18)19)15-8-9-20-15/h11-12,15H,5-10H2,1-4H3,(H,18,19)/b13-11+,16-14+/t12-,15?/m1/s1. The summed E-state index contributed by atoms with van der Waals surface area (Å²) in [6.07, 6.45) is 7.40. The van der Waals surface area contributed by atoms with Crippen molar-refractivity contribution in [2.24, 2.45) is 5.92 Å². The molecule has 0 aromatic carbocycles. The number of carboxylic acid groups (broad SMARTS) is 1. The molecule has 1 aliphatic rings. The third-order valence-electron chi connectivity index (χ3n) is 3.86. The van der Waals surface area contributed by atoms with E-state index in [4.69, 9.17) is 4.74 Å². The van der Waals surface area contributed by atoms with Gasteiger partial charge in [0.2, 0.25) is 0 Å². The van der Waals surface area contributed by atoms with Crippen LogP contribution in [0.1, 0.15) is 59.8 Å². The van der Waals surface area contributed by atoms with Gasteiger partial charge in [0.15, 0.2) is 0 Å². The van der Waals surface area contributed by atoms with Crippen molar-refractivity contribution in [3.63, 3.8) is 0 Å². The monoisotopic (exact) mass is 280 g/mol. The fourth-order valence-electron chi connectivity index (χ4n) is 2.73. The maximum absolute atomic E-state index is 11.4. The summed E-state index contributed by atoms with van der Waals surface area (Å²) in [6.45, 7) is 9.11. The van der Waals surface area contributed by atoms with E-state index in [0.717, 1.165) is 18.4 Å². The zero-order chi connectivity index (χ0) is 15.1. The number of ether oxygens (including phenoxy) is 1. The summed E-state index contributed by atoms with van der Waals surface area (Å²) < 4.78 is 5.32. The fraction of sp³-hybridized carbons (Fsp3) is 0.706. The van der Waals surface area contributed by atoms with Crippen LogP contribution in [0.25, 0.3) is 0 Å². The van der Waals surface area contributed by atoms with Crippen LogP contribution in [0.3, 0.4) is 0 Å². The Bertz CT molecular complexity index is 389. The molecule has 0 radical (unpaired) electrons. The molecule has 1 unspecified atom stereocenters. The van der Waals surface area contributed by atoms with Gasteiger partial charge >= 0.3 is 5.97 Å². The minimum absolute atomic E-state index is 0.214. The summed E-state index contributed by atoms with van der Waals surface area (Å²) in [5, 5.41) is 9.32. The lowest BCUT2D eigenvalue weighted by Crippen LogP contribution is -2.32. The number of aliphatic carboxylic acids is 1. The van der Waals surface area contributed by atoms with E-state index in [1.54, 1.807) is 0 Å². The lowest BCUT2D eigenvalue weighted by atomic mass is 9.93. The smallest absolute Gasteiger partial charge is 0.334 e. The molecule has 2 atom stereocenters. The van der Waals surface area contributed by atoms with Gasteiger partial charge in [-0.25, -0.2) is 4.79 Å². The average Bonchev–Trinajstić information content (AvgIpc) is 2.29. The normalized spacial score (nSPS) is 22.0. The minimum atomic E-state index is -0.852. The first kappa shape index (κ1) is 17.0. The molecule has 1 fully saturated rings. The molecule has 20 heavy (non-hydrogen) atoms. The molecule has 0 bridgehead atoms. The number of hydrogen-bond donors (Lipinski definition) is 1. The molecule has 1 N–H and O–H groups in total. The SMILES string of the molecule is CCCC[C@@H](C)C/C(C)=C/C(C)=C(/C(=O)O)C1CCO1. The Kier molecular flexibility index (Phi) is 7.00. The van der Waals surface area contributed by atoms with E-state index in [0.29, 0.717) is 18.1 Å². The molecule has 1 rings (SSSR count). The van der Waals surface area contributed by atoms with Gasteiger partial charge in [-0.15, -0.1) is 0 Å². The van der Waals surface area contributed by atoms with Crippen LogP contribution < -0.4 is 0 Å². The summed E-state index contributed by atoms with van der Waals surface area (Å²) in [5.74, 6) is -0.192. The molecule has 0 spiro atoms. The molecule has 3 nitrogen and oxygen atoms in total. The van der Waals surface area contributed by atoms with E-state index in [-0.39, 0.29) is 6.10 Å². The van der Waals surface area contributed by atoms with Gasteiger partial charge in [-0.2, -0.15) is 0 Å². The van der Waals surface area contributed by atoms with Crippen LogP contribution in [-0.2, 0) is 9.53 Å². The van der Waals surface area contributed by atoms with Crippen molar-refractivity contribution in [2.75, 3.05) is 6.61 Å². The van der Waals surface area contributed by atoms with Crippen LogP contribution in [0.15, 0.2) is 22.8 Å². The van der Waals surface area contributed by atoms with Gasteiger partial charge in [0.05, 0.1) is 18.3 Å². The molecule has 0 saturated carbocycles. The molecule has 0 aromatic heterocycles. The highest BCUT2D eigenvalue weighted by atomic mass is 16.5. The van der Waals surface area contributed by atoms with Gasteiger partial charge in [0, 0.05) is 6.42 Å². The summed E-state index contributed by atoms with van der Waals surface area (Å²) in [6, 6.07) is 0. The van der Waals surface area contributed by atoms with E-state index in [1.165, 1.54) is 24.8 Å². The maximum Gasteiger partial charge on any atom is 0.334 e. The molecule has 0 aliphatic carbocycles. The van der Waals surface area contributed by atoms with E-state index < -0.39 is 5.97 Å². The number of carboxylic acids is 1. The molecular formula is C17H28O3. The Morgan fingerprint density at radius 1 is 1.45 bits per heavy atom. The highest BCUT2D eigenvalue weighted by molar-refractivity contribution is 5.89. The number of rotatable bonds is 8. The molecule has 1 saturated heterocycles. The Balaban J connectivity index is 2.70. The average molecular weight is 280 g/mol. The van der Waals surface area contributed by atoms with Gasteiger partial charge in [-0.3, -0.25) is 0 Å². The zero-order valence-corrected chi connectivity index (χ0v) is 13.2. The van der Waals surface area contributed by atoms with E-state index in [9.17, 15) is 9.90 Å². The number of hydrogen-bond acceptors (Lipinski definition) is 2. The Labute approximate surface area is 122 Å². The second-order valence-electron chi connectivity index (χ2n) is 5.99. The van der Waals surface area contributed by atoms with Gasteiger partial charge in [0.25, 0.3) is 0 Å². The molecule has 114 valence electrons. The van der Waals surface area contributed by atoms with Gasteiger partial charge < -0.3 is 9.84 Å². The second kappa shape index (κ2) is 8.25. The van der Waals surface area contributed by atoms with E-state index in [1.807, 2.05) is 13.0 Å². The van der Waals surface area contributed by atoms with Crippen molar-refractivity contribution in [2.45, 2.75) is 65.9 Å². The lowest BCUT2D eigenvalue weighted by molar-refractivity contribution is -0.136. The highest BCUT2D eigenvalue weighted by Crippen LogP contribution is 2.25. The number of unbranched alkanes of at least 4 members (excludes halogenated alkanes) is 1. The third-order valence-corrected chi connectivity index (χ3v) is 3.86. The highest BCUT2D eigenvalue weighted by Gasteiger charge is 2.28. The van der Waals surface area contributed by atoms with Crippen LogP contribution in [0.4, 0.5) is 0 Å². The second-order valence-corrected chi connectivity index (χ2v) is 5.99. The summed E-state index contributed by atoms with van der Waals surface area (Å²) in [7, 11) is 0. The summed E-state index contributed by atoms with van der Waals surface area (Å²) >= 11 is 0. The van der Waals surface area contributed by atoms with Crippen molar-refractivity contribution in [3.05, 3.63) is 22.8 Å². The molecular weight excluding hydrogens is 252 g/mol. The topological polar surface area (TPSA) is 46.5 Å². The van der Waals surface area contributed by atoms with Crippen molar-refractivity contribution < 1.29 is 14.6 Å². The molecule has 1 heterocycles. The minimum Gasteiger partial charge on any atom is -0.478 e. The predicted molar refractivity (Wildman–Crippen MR) is 81.8 cm³/mol. The van der Waals surface area contributed by atoms with Crippen molar-refractivity contribution in [1.29, 1.82) is 0 Å². The molecule has 0 aromatic rings. The molecule has 1 aliphatic heterocycles. The van der Waals surface area contributed by atoms with Crippen LogP contribution in [-0.4, -0.2) is 23.8 Å². The Hall–Kier alpha value is -1.09. The molecule has 3 heteroatoms. The van der Waals surface area contributed by atoms with Crippen molar-refractivity contribution >= 4 is 5.97 Å². The van der Waals surface area contributed by atoms with E-state index in [2.05, 4.69) is 20.8 Å². The summed E-state index contributed by atoms with van der Waals surface area (Å²) in [5.41, 5.74) is 2.52. The van der Waals surface area contributed by atoms with Gasteiger partial charge in [-0.05, 0) is 31.8 Å². The first-order chi connectivity index (χ1) is 9.45. The van der Waals surface area contributed by atoms with Gasteiger partial charge in [0.1, 0.15) is 0 Å². The number of carbonyl (C=O) groups is 1. The first-order valence-electron chi connectivity index (χ1n) is 7.68. The Morgan fingerprint density at radius 2 is 2.10 bits per heavy atom. The van der Waals surface area contributed by atoms with E-state index >= 15 is 0 Å². The third kappa shape index (κ3) is 5.12. The van der Waals surface area contributed by atoms with Crippen LogP contribution in [0.5, 0.6) is 0 Å². The Morgan fingerprint density at radius 3 is 2.55 bits per heavy atom. The van der Waals surface area contributed by atoms with Crippen LogP contribution >= 0.6 is 0 Å². The zero-order valence-electron chi connectivity index (χ0n) is 13.2. The predicted octanol–water partition coefficient (Wildman–Crippen LogP) is 4.34. The quantitative estimate of drug-likeness (QED) is 0.531. The fourth-order valence-corrected chi connectivity index (χ4v) is 2.73. The number of allylic oxidation sites excluding steroid dienone is 3. The van der Waals surface area contributed by atoms with Crippen molar-refractivity contribution in [3.8, 4) is 0 Å². The molecule has 0 amide bonds. The van der Waals surface area contributed by atoms with Gasteiger partial charge in [-0.1, -0.05) is 44.8 Å². The van der Waals surface area contributed by atoms with Crippen LogP contribution in [0, 0.1) is 5.92 Å². The largest absolute Gasteiger partial charge is 0.478 e. The summed E-state index contributed by atoms with van der Waals surface area (Å²) in [4.78, 5) is 11.4. The first-order valence-corrected chi connectivity index (χ1v) is 7.68. The van der Waals surface area contributed by atoms with Crippen molar-refractivity contribution in [1.82, 2.24) is 0 Å². The van der Waals surface area contributed by atoms with Crippen LogP contribution in [0.2, 0.25) is 0 Å². The lowest BCUT2D eigenvalue weighted by Gasteiger charge is -2.28. The maximum atomic E-state index is 11.4.